The van der Waals surface area contributed by atoms with Crippen molar-refractivity contribution in [3.05, 3.63) is 6.92 Å². The molecule has 0 bridgehead atoms. The molecule has 0 saturated heterocycles. The summed E-state index contributed by atoms with van der Waals surface area (Å²) in [5, 5.41) is 0. The SMILES string of the molecule is CCCCC1CC1(CCC)CCCC.[CH2]CCCCC. The van der Waals surface area contributed by atoms with E-state index in [4.69, 9.17) is 0 Å². The van der Waals surface area contributed by atoms with E-state index in [1.54, 1.807) is 6.42 Å². The summed E-state index contributed by atoms with van der Waals surface area (Å²) >= 11 is 0. The molecule has 2 unspecified atom stereocenters. The van der Waals surface area contributed by atoms with Gasteiger partial charge in [-0.25, -0.2) is 0 Å². The zero-order valence-electron chi connectivity index (χ0n) is 15.0. The fourth-order valence-electron chi connectivity index (χ4n) is 3.48. The molecular weight excluding hydrogens is 240 g/mol. The maximum Gasteiger partial charge on any atom is -0.0266 e. The van der Waals surface area contributed by atoms with Crippen molar-refractivity contribution in [3.63, 3.8) is 0 Å². The fraction of sp³-hybridized carbons (Fsp3) is 0.950. The van der Waals surface area contributed by atoms with Crippen molar-refractivity contribution < 1.29 is 0 Å². The Bertz CT molecular complexity index is 192. The van der Waals surface area contributed by atoms with Crippen molar-refractivity contribution in [3.8, 4) is 0 Å². The van der Waals surface area contributed by atoms with Crippen LogP contribution in [-0.4, -0.2) is 0 Å². The first-order valence-electron chi connectivity index (χ1n) is 9.49. The number of hydrogen-bond acceptors (Lipinski definition) is 0. The van der Waals surface area contributed by atoms with Gasteiger partial charge in [0, 0.05) is 0 Å². The van der Waals surface area contributed by atoms with Crippen LogP contribution in [0.25, 0.3) is 0 Å². The maximum atomic E-state index is 3.72. The average molecular weight is 282 g/mol. The van der Waals surface area contributed by atoms with Gasteiger partial charge in [-0.2, -0.15) is 0 Å². The number of hydrogen-bond donors (Lipinski definition) is 0. The standard InChI is InChI=1S/C14H28.C6H13/c1-4-7-9-13-12-14(13,10-6-3)11-8-5-2;1-3-5-6-4-2/h13H,4-12H2,1-3H3;1,3-6H2,2H3. The summed E-state index contributed by atoms with van der Waals surface area (Å²) in [6, 6.07) is 0. The first-order chi connectivity index (χ1) is 9.70. The average Bonchev–Trinajstić information content (AvgIpc) is 3.15. The van der Waals surface area contributed by atoms with Gasteiger partial charge in [0.1, 0.15) is 0 Å². The van der Waals surface area contributed by atoms with E-state index in [2.05, 4.69) is 34.6 Å². The Labute approximate surface area is 130 Å². The lowest BCUT2D eigenvalue weighted by molar-refractivity contribution is 0.357. The molecule has 0 N–H and O–H groups in total. The van der Waals surface area contributed by atoms with Gasteiger partial charge in [-0.3, -0.25) is 0 Å². The molecule has 1 rings (SSSR count). The maximum absolute atomic E-state index is 3.72. The van der Waals surface area contributed by atoms with Crippen LogP contribution in [0.5, 0.6) is 0 Å². The highest BCUT2D eigenvalue weighted by Crippen LogP contribution is 2.61. The topological polar surface area (TPSA) is 0 Å². The van der Waals surface area contributed by atoms with Crippen LogP contribution >= 0.6 is 0 Å². The molecule has 0 aromatic rings. The summed E-state index contributed by atoms with van der Waals surface area (Å²) in [6.45, 7) is 12.9. The third-order valence-corrected chi connectivity index (χ3v) is 4.89. The molecule has 0 aliphatic heterocycles. The minimum absolute atomic E-state index is 0.819. The second-order valence-electron chi connectivity index (χ2n) is 6.82. The van der Waals surface area contributed by atoms with E-state index in [0.29, 0.717) is 0 Å². The first-order valence-corrected chi connectivity index (χ1v) is 9.49. The molecule has 121 valence electrons. The lowest BCUT2D eigenvalue weighted by Gasteiger charge is -2.16. The highest BCUT2D eigenvalue weighted by molar-refractivity contribution is 5.01. The van der Waals surface area contributed by atoms with Crippen molar-refractivity contribution >= 4 is 0 Å². The van der Waals surface area contributed by atoms with Crippen LogP contribution in [0.4, 0.5) is 0 Å². The molecule has 1 saturated carbocycles. The minimum atomic E-state index is 0.819. The van der Waals surface area contributed by atoms with Crippen molar-refractivity contribution in [2.45, 2.75) is 111 Å². The molecule has 0 nitrogen and oxygen atoms in total. The summed E-state index contributed by atoms with van der Waals surface area (Å²) < 4.78 is 0. The van der Waals surface area contributed by atoms with Crippen molar-refractivity contribution in [2.75, 3.05) is 0 Å². The third-order valence-electron chi connectivity index (χ3n) is 4.89. The smallest absolute Gasteiger partial charge is 0.0266 e. The van der Waals surface area contributed by atoms with Crippen LogP contribution in [0.3, 0.4) is 0 Å². The van der Waals surface area contributed by atoms with Crippen molar-refractivity contribution in [1.82, 2.24) is 0 Å². The first kappa shape index (κ1) is 20.0. The second-order valence-corrected chi connectivity index (χ2v) is 6.82. The predicted molar refractivity (Wildman–Crippen MR) is 94.0 cm³/mol. The second kappa shape index (κ2) is 12.7. The molecule has 1 aliphatic rings. The Morgan fingerprint density at radius 3 is 1.90 bits per heavy atom. The fourth-order valence-corrected chi connectivity index (χ4v) is 3.48. The van der Waals surface area contributed by atoms with Crippen LogP contribution in [0, 0.1) is 18.3 Å². The Balaban J connectivity index is 0.000000511. The van der Waals surface area contributed by atoms with Gasteiger partial charge in [0.25, 0.3) is 0 Å². The normalized spacial score (nSPS) is 24.1. The van der Waals surface area contributed by atoms with E-state index in [0.717, 1.165) is 17.8 Å². The van der Waals surface area contributed by atoms with Crippen LogP contribution in [0.2, 0.25) is 0 Å². The Kier molecular flexibility index (Phi) is 12.7. The molecule has 1 radical (unpaired) electrons. The molecule has 0 spiro atoms. The zero-order chi connectivity index (χ0) is 15.3. The van der Waals surface area contributed by atoms with Gasteiger partial charge in [-0.15, -0.1) is 0 Å². The Morgan fingerprint density at radius 2 is 1.45 bits per heavy atom. The quantitative estimate of drug-likeness (QED) is 0.342. The summed E-state index contributed by atoms with van der Waals surface area (Å²) in [5.41, 5.74) is 0.819. The van der Waals surface area contributed by atoms with Crippen LogP contribution in [-0.2, 0) is 0 Å². The van der Waals surface area contributed by atoms with Crippen LogP contribution < -0.4 is 0 Å². The predicted octanol–water partition coefficient (Wildman–Crippen LogP) is 7.57. The highest BCUT2D eigenvalue weighted by Gasteiger charge is 2.50. The summed E-state index contributed by atoms with van der Waals surface area (Å²) in [4.78, 5) is 0. The van der Waals surface area contributed by atoms with Crippen LogP contribution in [0.1, 0.15) is 111 Å². The van der Waals surface area contributed by atoms with E-state index in [9.17, 15) is 0 Å². The molecular formula is C20H41. The Hall–Kier alpha value is 0. The highest BCUT2D eigenvalue weighted by atomic mass is 14.6. The van der Waals surface area contributed by atoms with Gasteiger partial charge in [-0.05, 0) is 37.0 Å². The number of unbranched alkanes of at least 4 members (excludes halogenated alkanes) is 5. The third kappa shape index (κ3) is 8.32. The van der Waals surface area contributed by atoms with Gasteiger partial charge < -0.3 is 0 Å². The van der Waals surface area contributed by atoms with Gasteiger partial charge >= 0.3 is 0 Å². The summed E-state index contributed by atoms with van der Waals surface area (Å²) in [7, 11) is 0. The summed E-state index contributed by atoms with van der Waals surface area (Å²) in [5.74, 6) is 1.11. The minimum Gasteiger partial charge on any atom is -0.0654 e. The van der Waals surface area contributed by atoms with Gasteiger partial charge in [-0.1, -0.05) is 92.4 Å². The van der Waals surface area contributed by atoms with Crippen LogP contribution in [0.15, 0.2) is 0 Å². The molecule has 0 heteroatoms. The largest absolute Gasteiger partial charge is 0.0654 e. The van der Waals surface area contributed by atoms with Gasteiger partial charge in [0.15, 0.2) is 0 Å². The molecule has 1 aliphatic carbocycles. The van der Waals surface area contributed by atoms with E-state index in [1.165, 1.54) is 70.6 Å². The molecule has 0 aromatic heterocycles. The zero-order valence-corrected chi connectivity index (χ0v) is 15.0. The molecule has 0 heterocycles. The lowest BCUT2D eigenvalue weighted by Crippen LogP contribution is -2.04. The van der Waals surface area contributed by atoms with E-state index in [1.807, 2.05) is 0 Å². The van der Waals surface area contributed by atoms with Crippen molar-refractivity contribution in [2.24, 2.45) is 11.3 Å². The monoisotopic (exact) mass is 281 g/mol. The number of rotatable bonds is 11. The molecule has 0 aromatic carbocycles. The lowest BCUT2D eigenvalue weighted by atomic mass is 9.90. The van der Waals surface area contributed by atoms with Crippen molar-refractivity contribution in [1.29, 1.82) is 0 Å². The van der Waals surface area contributed by atoms with E-state index >= 15 is 0 Å². The molecule has 2 atom stereocenters. The summed E-state index contributed by atoms with van der Waals surface area (Å²) in [6.07, 6.45) is 18.2. The van der Waals surface area contributed by atoms with Gasteiger partial charge in [0.05, 0.1) is 0 Å². The molecule has 0 amide bonds. The van der Waals surface area contributed by atoms with E-state index in [-0.39, 0.29) is 0 Å². The van der Waals surface area contributed by atoms with E-state index < -0.39 is 0 Å². The molecule has 20 heavy (non-hydrogen) atoms. The Morgan fingerprint density at radius 1 is 0.800 bits per heavy atom. The van der Waals surface area contributed by atoms with Gasteiger partial charge in [0.2, 0.25) is 0 Å². The molecule has 1 fully saturated rings.